The van der Waals surface area contributed by atoms with E-state index in [9.17, 15) is 5.26 Å². The SMILES string of the molecule is CC(C)n1ncnc1CC1(C#N)COc2ccccc2C1. The molecule has 1 aromatic heterocycles. The van der Waals surface area contributed by atoms with Crippen molar-refractivity contribution in [3.8, 4) is 11.8 Å². The van der Waals surface area contributed by atoms with E-state index < -0.39 is 5.41 Å². The fourth-order valence-electron chi connectivity index (χ4n) is 2.78. The summed E-state index contributed by atoms with van der Waals surface area (Å²) < 4.78 is 7.67. The number of hydrogen-bond acceptors (Lipinski definition) is 4. The van der Waals surface area contributed by atoms with Gasteiger partial charge in [-0.15, -0.1) is 0 Å². The molecule has 0 bridgehead atoms. The number of aromatic nitrogens is 3. The van der Waals surface area contributed by atoms with E-state index in [4.69, 9.17) is 4.74 Å². The second-order valence-electron chi connectivity index (χ2n) is 5.86. The van der Waals surface area contributed by atoms with Crippen molar-refractivity contribution in [1.29, 1.82) is 5.26 Å². The summed E-state index contributed by atoms with van der Waals surface area (Å²) in [5.41, 5.74) is 0.509. The first kappa shape index (κ1) is 13.6. The number of nitrogens with zero attached hydrogens (tertiary/aromatic N) is 4. The van der Waals surface area contributed by atoms with Gasteiger partial charge in [-0.3, -0.25) is 0 Å². The van der Waals surface area contributed by atoms with Crippen molar-refractivity contribution in [3.63, 3.8) is 0 Å². The summed E-state index contributed by atoms with van der Waals surface area (Å²) in [7, 11) is 0. The molecule has 0 amide bonds. The first-order valence-corrected chi connectivity index (χ1v) is 7.14. The molecule has 0 saturated heterocycles. The maximum absolute atomic E-state index is 9.71. The Balaban J connectivity index is 1.90. The van der Waals surface area contributed by atoms with E-state index in [2.05, 4.69) is 30.0 Å². The number of rotatable bonds is 3. The van der Waals surface area contributed by atoms with E-state index in [1.807, 2.05) is 28.9 Å². The van der Waals surface area contributed by atoms with Gasteiger partial charge in [-0.2, -0.15) is 10.4 Å². The Morgan fingerprint density at radius 2 is 2.24 bits per heavy atom. The second-order valence-corrected chi connectivity index (χ2v) is 5.86. The third-order valence-electron chi connectivity index (χ3n) is 3.88. The van der Waals surface area contributed by atoms with E-state index >= 15 is 0 Å². The van der Waals surface area contributed by atoms with Gasteiger partial charge in [-0.25, -0.2) is 9.67 Å². The molecule has 1 unspecified atom stereocenters. The molecule has 1 aliphatic rings. The number of nitriles is 1. The molecule has 0 radical (unpaired) electrons. The van der Waals surface area contributed by atoms with Crippen molar-refractivity contribution in [2.45, 2.75) is 32.7 Å². The molecule has 21 heavy (non-hydrogen) atoms. The zero-order chi connectivity index (χ0) is 14.9. The Bertz CT molecular complexity index is 686. The van der Waals surface area contributed by atoms with Gasteiger partial charge in [0.15, 0.2) is 0 Å². The summed E-state index contributed by atoms with van der Waals surface area (Å²) in [5.74, 6) is 1.73. The lowest BCUT2D eigenvalue weighted by Crippen LogP contribution is -2.36. The fourth-order valence-corrected chi connectivity index (χ4v) is 2.78. The molecular formula is C16H18N4O. The molecule has 0 saturated carbocycles. The van der Waals surface area contributed by atoms with Gasteiger partial charge < -0.3 is 4.74 Å². The number of benzene rings is 1. The molecular weight excluding hydrogens is 264 g/mol. The standard InChI is InChI=1S/C16H18N4O/c1-12(2)20-15(18-11-19-20)8-16(9-17)7-13-5-3-4-6-14(13)21-10-16/h3-6,11-12H,7-8,10H2,1-2H3. The van der Waals surface area contributed by atoms with Crippen molar-refractivity contribution in [1.82, 2.24) is 14.8 Å². The molecule has 5 nitrogen and oxygen atoms in total. The number of para-hydroxylation sites is 1. The summed E-state index contributed by atoms with van der Waals surface area (Å²) in [6.45, 7) is 4.51. The molecule has 1 aromatic carbocycles. The van der Waals surface area contributed by atoms with Crippen LogP contribution in [0.2, 0.25) is 0 Å². The highest BCUT2D eigenvalue weighted by atomic mass is 16.5. The van der Waals surface area contributed by atoms with Crippen molar-refractivity contribution in [3.05, 3.63) is 42.0 Å². The molecule has 2 aromatic rings. The molecule has 0 aliphatic carbocycles. The van der Waals surface area contributed by atoms with Gasteiger partial charge in [0.1, 0.15) is 29.9 Å². The van der Waals surface area contributed by atoms with Crippen LogP contribution in [-0.4, -0.2) is 21.4 Å². The number of hydrogen-bond donors (Lipinski definition) is 0. The molecule has 0 spiro atoms. The van der Waals surface area contributed by atoms with Crippen LogP contribution >= 0.6 is 0 Å². The minimum atomic E-state index is -0.575. The minimum Gasteiger partial charge on any atom is -0.492 e. The lowest BCUT2D eigenvalue weighted by atomic mass is 9.78. The van der Waals surface area contributed by atoms with Crippen LogP contribution in [-0.2, 0) is 12.8 Å². The maximum Gasteiger partial charge on any atom is 0.138 e. The molecule has 0 N–H and O–H groups in total. The average molecular weight is 282 g/mol. The third kappa shape index (κ3) is 2.49. The largest absolute Gasteiger partial charge is 0.492 e. The molecule has 0 fully saturated rings. The van der Waals surface area contributed by atoms with Crippen LogP contribution in [0, 0.1) is 16.7 Å². The highest BCUT2D eigenvalue weighted by Crippen LogP contribution is 2.36. The normalized spacial score (nSPS) is 20.7. The van der Waals surface area contributed by atoms with Gasteiger partial charge in [0.05, 0.1) is 6.07 Å². The van der Waals surface area contributed by atoms with Gasteiger partial charge in [0.2, 0.25) is 0 Å². The van der Waals surface area contributed by atoms with Gasteiger partial charge >= 0.3 is 0 Å². The summed E-state index contributed by atoms with van der Waals surface area (Å²) in [6.07, 6.45) is 2.79. The van der Waals surface area contributed by atoms with Gasteiger partial charge in [0, 0.05) is 12.5 Å². The summed E-state index contributed by atoms with van der Waals surface area (Å²) in [4.78, 5) is 4.33. The zero-order valence-corrected chi connectivity index (χ0v) is 12.3. The molecule has 1 atom stereocenters. The summed E-state index contributed by atoms with van der Waals surface area (Å²) in [5, 5.41) is 14.0. The Hall–Kier alpha value is -2.35. The second kappa shape index (κ2) is 5.21. The Labute approximate surface area is 124 Å². The van der Waals surface area contributed by atoms with Crippen LogP contribution in [0.1, 0.15) is 31.3 Å². The Morgan fingerprint density at radius 3 is 3.00 bits per heavy atom. The van der Waals surface area contributed by atoms with Gasteiger partial charge in [-0.1, -0.05) is 18.2 Å². The van der Waals surface area contributed by atoms with Gasteiger partial charge in [-0.05, 0) is 31.9 Å². The fraction of sp³-hybridized carbons (Fsp3) is 0.438. The topological polar surface area (TPSA) is 63.7 Å². The Morgan fingerprint density at radius 1 is 1.43 bits per heavy atom. The number of ether oxygens (including phenoxy) is 1. The van der Waals surface area contributed by atoms with Crippen LogP contribution in [0.4, 0.5) is 0 Å². The maximum atomic E-state index is 9.71. The number of fused-ring (bicyclic) bond motifs is 1. The molecule has 108 valence electrons. The zero-order valence-electron chi connectivity index (χ0n) is 12.3. The third-order valence-corrected chi connectivity index (χ3v) is 3.88. The lowest BCUT2D eigenvalue weighted by molar-refractivity contribution is 0.165. The average Bonchev–Trinajstić information content (AvgIpc) is 2.95. The van der Waals surface area contributed by atoms with Crippen molar-refractivity contribution in [2.75, 3.05) is 6.61 Å². The molecule has 5 heteroatoms. The minimum absolute atomic E-state index is 0.232. The van der Waals surface area contributed by atoms with Crippen LogP contribution < -0.4 is 4.74 Å². The van der Waals surface area contributed by atoms with Crippen molar-refractivity contribution in [2.24, 2.45) is 5.41 Å². The first-order valence-electron chi connectivity index (χ1n) is 7.14. The smallest absolute Gasteiger partial charge is 0.138 e. The van der Waals surface area contributed by atoms with Crippen molar-refractivity contribution < 1.29 is 4.74 Å². The quantitative estimate of drug-likeness (QED) is 0.868. The highest BCUT2D eigenvalue weighted by Gasteiger charge is 2.38. The van der Waals surface area contributed by atoms with E-state index in [0.717, 1.165) is 17.1 Å². The van der Waals surface area contributed by atoms with E-state index in [-0.39, 0.29) is 6.04 Å². The van der Waals surface area contributed by atoms with Gasteiger partial charge in [0.25, 0.3) is 0 Å². The predicted octanol–water partition coefficient (Wildman–Crippen LogP) is 2.55. The molecule has 1 aliphatic heterocycles. The van der Waals surface area contributed by atoms with Crippen LogP contribution in [0.15, 0.2) is 30.6 Å². The van der Waals surface area contributed by atoms with Crippen molar-refractivity contribution >= 4 is 0 Å². The van der Waals surface area contributed by atoms with E-state index in [1.165, 1.54) is 0 Å². The lowest BCUT2D eigenvalue weighted by Gasteiger charge is -2.32. The van der Waals surface area contributed by atoms with Crippen LogP contribution in [0.25, 0.3) is 0 Å². The summed E-state index contributed by atoms with van der Waals surface area (Å²) in [6, 6.07) is 10.6. The summed E-state index contributed by atoms with van der Waals surface area (Å²) >= 11 is 0. The highest BCUT2D eigenvalue weighted by molar-refractivity contribution is 5.37. The first-order chi connectivity index (χ1) is 10.1. The predicted molar refractivity (Wildman–Crippen MR) is 77.8 cm³/mol. The van der Waals surface area contributed by atoms with E-state index in [1.54, 1.807) is 6.33 Å². The van der Waals surface area contributed by atoms with Crippen LogP contribution in [0.3, 0.4) is 0 Å². The Kier molecular flexibility index (Phi) is 3.38. The van der Waals surface area contributed by atoms with Crippen LogP contribution in [0.5, 0.6) is 5.75 Å². The van der Waals surface area contributed by atoms with E-state index in [0.29, 0.717) is 19.4 Å². The molecule has 2 heterocycles. The monoisotopic (exact) mass is 282 g/mol. The molecule has 3 rings (SSSR count).